The van der Waals surface area contributed by atoms with E-state index in [1.807, 2.05) is 66.7 Å². The standard InChI is InChI=1S/C23H18N4O/c1-28-16-27-22(19-11-13-25-14-12-19)21(18-9-7-17(15-24)8-10-18)26-23(27)20-5-3-2-4-6-20/h2-14H,16H2,1H3. The highest BCUT2D eigenvalue weighted by Gasteiger charge is 2.21. The molecular weight excluding hydrogens is 348 g/mol. The fourth-order valence-electron chi connectivity index (χ4n) is 3.22. The number of hydrogen-bond donors (Lipinski definition) is 0. The van der Waals surface area contributed by atoms with Gasteiger partial charge in [-0.1, -0.05) is 42.5 Å². The van der Waals surface area contributed by atoms with E-state index in [2.05, 4.69) is 15.6 Å². The second-order valence-corrected chi connectivity index (χ2v) is 6.27. The first-order chi connectivity index (χ1) is 13.8. The van der Waals surface area contributed by atoms with Gasteiger partial charge in [0, 0.05) is 36.2 Å². The summed E-state index contributed by atoms with van der Waals surface area (Å²) in [7, 11) is 1.67. The van der Waals surface area contributed by atoms with Crippen LogP contribution in [0.5, 0.6) is 0 Å². The van der Waals surface area contributed by atoms with Gasteiger partial charge in [-0.05, 0) is 24.3 Å². The van der Waals surface area contributed by atoms with Crippen LogP contribution in [0, 0.1) is 11.3 Å². The van der Waals surface area contributed by atoms with Gasteiger partial charge in [0.1, 0.15) is 12.6 Å². The maximum atomic E-state index is 9.11. The van der Waals surface area contributed by atoms with Gasteiger partial charge in [-0.25, -0.2) is 4.98 Å². The lowest BCUT2D eigenvalue weighted by Crippen LogP contribution is -2.04. The summed E-state index contributed by atoms with van der Waals surface area (Å²) >= 11 is 0. The van der Waals surface area contributed by atoms with Crippen molar-refractivity contribution in [1.82, 2.24) is 14.5 Å². The molecule has 0 unspecified atom stereocenters. The van der Waals surface area contributed by atoms with E-state index in [0.717, 1.165) is 33.9 Å². The zero-order valence-corrected chi connectivity index (χ0v) is 15.4. The molecule has 0 spiro atoms. The van der Waals surface area contributed by atoms with E-state index in [0.29, 0.717) is 12.3 Å². The molecule has 0 aliphatic carbocycles. The van der Waals surface area contributed by atoms with Crippen LogP contribution < -0.4 is 0 Å². The summed E-state index contributed by atoms with van der Waals surface area (Å²) in [5, 5.41) is 9.11. The summed E-state index contributed by atoms with van der Waals surface area (Å²) in [6.07, 6.45) is 3.54. The Hall–Kier alpha value is -3.75. The zero-order valence-electron chi connectivity index (χ0n) is 15.4. The molecule has 136 valence electrons. The number of ether oxygens (including phenoxy) is 1. The number of benzene rings is 2. The van der Waals surface area contributed by atoms with Gasteiger partial charge in [-0.2, -0.15) is 5.26 Å². The molecule has 0 N–H and O–H groups in total. The van der Waals surface area contributed by atoms with Crippen LogP contribution >= 0.6 is 0 Å². The van der Waals surface area contributed by atoms with Crippen molar-refractivity contribution in [2.45, 2.75) is 6.73 Å². The van der Waals surface area contributed by atoms with Crippen molar-refractivity contribution in [2.75, 3.05) is 7.11 Å². The molecule has 0 atom stereocenters. The molecule has 0 aliphatic rings. The molecule has 28 heavy (non-hydrogen) atoms. The Kier molecular flexibility index (Phi) is 4.96. The molecular formula is C23H18N4O. The molecule has 4 aromatic rings. The van der Waals surface area contributed by atoms with Crippen LogP contribution in [0.4, 0.5) is 0 Å². The van der Waals surface area contributed by atoms with Gasteiger partial charge >= 0.3 is 0 Å². The van der Waals surface area contributed by atoms with Crippen molar-refractivity contribution in [3.63, 3.8) is 0 Å². The second kappa shape index (κ2) is 7.87. The van der Waals surface area contributed by atoms with Gasteiger partial charge in [-0.3, -0.25) is 9.55 Å². The fourth-order valence-corrected chi connectivity index (χ4v) is 3.22. The number of hydrogen-bond acceptors (Lipinski definition) is 4. The molecule has 0 aliphatic heterocycles. The molecule has 5 heteroatoms. The molecule has 2 aromatic heterocycles. The van der Waals surface area contributed by atoms with Crippen molar-refractivity contribution in [1.29, 1.82) is 5.26 Å². The molecule has 2 heterocycles. The summed E-state index contributed by atoms with van der Waals surface area (Å²) in [6, 6.07) is 23.6. The zero-order chi connectivity index (χ0) is 19.3. The van der Waals surface area contributed by atoms with E-state index in [4.69, 9.17) is 15.0 Å². The number of imidazole rings is 1. The Balaban J connectivity index is 1.99. The highest BCUT2D eigenvalue weighted by molar-refractivity contribution is 5.82. The molecule has 2 aromatic carbocycles. The number of pyridine rings is 1. The number of nitrogens with zero attached hydrogens (tertiary/aromatic N) is 4. The minimum atomic E-state index is 0.366. The summed E-state index contributed by atoms with van der Waals surface area (Å²) in [4.78, 5) is 9.12. The lowest BCUT2D eigenvalue weighted by atomic mass is 10.0. The third-order valence-electron chi connectivity index (χ3n) is 4.50. The predicted octanol–water partition coefficient (Wildman–Crippen LogP) is 4.75. The van der Waals surface area contributed by atoms with Crippen molar-refractivity contribution in [3.05, 3.63) is 84.7 Å². The van der Waals surface area contributed by atoms with Gasteiger partial charge in [0.15, 0.2) is 0 Å². The molecule has 0 saturated heterocycles. The number of nitriles is 1. The monoisotopic (exact) mass is 366 g/mol. The van der Waals surface area contributed by atoms with E-state index in [1.165, 1.54) is 0 Å². The Morgan fingerprint density at radius 1 is 0.893 bits per heavy atom. The van der Waals surface area contributed by atoms with Gasteiger partial charge in [0.05, 0.1) is 23.0 Å². The molecule has 0 bridgehead atoms. The lowest BCUT2D eigenvalue weighted by molar-refractivity contribution is 0.133. The third-order valence-corrected chi connectivity index (χ3v) is 4.50. The first-order valence-electron chi connectivity index (χ1n) is 8.87. The summed E-state index contributed by atoms with van der Waals surface area (Å²) in [5.74, 6) is 0.827. The minimum absolute atomic E-state index is 0.366. The second-order valence-electron chi connectivity index (χ2n) is 6.27. The quantitative estimate of drug-likeness (QED) is 0.511. The van der Waals surface area contributed by atoms with Gasteiger partial charge in [0.2, 0.25) is 0 Å². The molecule has 0 saturated carbocycles. The van der Waals surface area contributed by atoms with Crippen LogP contribution in [0.15, 0.2) is 79.1 Å². The maximum Gasteiger partial charge on any atom is 0.143 e. The van der Waals surface area contributed by atoms with Gasteiger partial charge in [-0.15, -0.1) is 0 Å². The van der Waals surface area contributed by atoms with Crippen LogP contribution in [-0.2, 0) is 11.5 Å². The summed E-state index contributed by atoms with van der Waals surface area (Å²) in [5.41, 5.74) is 5.36. The van der Waals surface area contributed by atoms with Crippen molar-refractivity contribution in [2.24, 2.45) is 0 Å². The highest BCUT2D eigenvalue weighted by atomic mass is 16.5. The summed E-state index contributed by atoms with van der Waals surface area (Å²) in [6.45, 7) is 0.366. The van der Waals surface area contributed by atoms with Crippen LogP contribution in [0.25, 0.3) is 33.9 Å². The van der Waals surface area contributed by atoms with Gasteiger partial charge < -0.3 is 4.74 Å². The maximum absolute atomic E-state index is 9.11. The van der Waals surface area contributed by atoms with Crippen LogP contribution in [-0.4, -0.2) is 21.6 Å². The largest absolute Gasteiger partial charge is 0.364 e. The highest BCUT2D eigenvalue weighted by Crippen LogP contribution is 2.36. The number of methoxy groups -OCH3 is 1. The van der Waals surface area contributed by atoms with Crippen LogP contribution in [0.2, 0.25) is 0 Å². The van der Waals surface area contributed by atoms with Crippen molar-refractivity contribution >= 4 is 0 Å². The molecule has 0 amide bonds. The van der Waals surface area contributed by atoms with E-state index in [-0.39, 0.29) is 0 Å². The van der Waals surface area contributed by atoms with E-state index in [9.17, 15) is 0 Å². The molecule has 5 nitrogen and oxygen atoms in total. The van der Waals surface area contributed by atoms with Crippen LogP contribution in [0.1, 0.15) is 5.56 Å². The van der Waals surface area contributed by atoms with E-state index >= 15 is 0 Å². The minimum Gasteiger partial charge on any atom is -0.364 e. The first kappa shape index (κ1) is 17.7. The van der Waals surface area contributed by atoms with Gasteiger partial charge in [0.25, 0.3) is 0 Å². The average Bonchev–Trinajstić information content (AvgIpc) is 3.14. The number of rotatable bonds is 5. The average molecular weight is 366 g/mol. The summed E-state index contributed by atoms with van der Waals surface area (Å²) < 4.78 is 7.57. The first-order valence-corrected chi connectivity index (χ1v) is 8.87. The lowest BCUT2D eigenvalue weighted by Gasteiger charge is -2.12. The molecule has 0 fully saturated rings. The Bertz CT molecular complexity index is 1110. The third kappa shape index (κ3) is 3.29. The Morgan fingerprint density at radius 2 is 1.61 bits per heavy atom. The number of aromatic nitrogens is 3. The Morgan fingerprint density at radius 3 is 2.25 bits per heavy atom. The molecule has 0 radical (unpaired) electrons. The van der Waals surface area contributed by atoms with Crippen LogP contribution in [0.3, 0.4) is 0 Å². The van der Waals surface area contributed by atoms with E-state index < -0.39 is 0 Å². The normalized spacial score (nSPS) is 10.6. The predicted molar refractivity (Wildman–Crippen MR) is 108 cm³/mol. The SMILES string of the molecule is COCn1c(-c2ccccc2)nc(-c2ccc(C#N)cc2)c1-c1ccncc1. The topological polar surface area (TPSA) is 63.7 Å². The van der Waals surface area contributed by atoms with E-state index in [1.54, 1.807) is 19.5 Å². The fraction of sp³-hybridized carbons (Fsp3) is 0.0870. The smallest absolute Gasteiger partial charge is 0.143 e. The Labute approximate surface area is 163 Å². The molecule has 4 rings (SSSR count). The van der Waals surface area contributed by atoms with Crippen molar-refractivity contribution in [3.8, 4) is 40.0 Å². The van der Waals surface area contributed by atoms with Crippen molar-refractivity contribution < 1.29 is 4.74 Å².